The predicted octanol–water partition coefficient (Wildman–Crippen LogP) is 2.33. The number of benzene rings is 2. The number of carbonyl (C=O) groups excluding carboxylic acids is 1. The van der Waals surface area contributed by atoms with E-state index in [2.05, 4.69) is 5.32 Å². The number of phenolic OH excluding ortho intramolecular Hbond substituents is 1. The van der Waals surface area contributed by atoms with Gasteiger partial charge in [-0.25, -0.2) is 0 Å². The van der Waals surface area contributed by atoms with Crippen molar-refractivity contribution in [2.24, 2.45) is 0 Å². The molecular weight excluding hydrogens is 242 g/mol. The summed E-state index contributed by atoms with van der Waals surface area (Å²) in [5.41, 5.74) is 1.42. The van der Waals surface area contributed by atoms with E-state index in [1.54, 1.807) is 18.2 Å². The fourth-order valence-corrected chi connectivity index (χ4v) is 2.12. The highest BCUT2D eigenvalue weighted by molar-refractivity contribution is 5.96. The number of nitrogens with one attached hydrogen (secondary N) is 1. The van der Waals surface area contributed by atoms with E-state index in [9.17, 15) is 9.90 Å². The summed E-state index contributed by atoms with van der Waals surface area (Å²) >= 11 is 0. The van der Waals surface area contributed by atoms with Crippen molar-refractivity contribution in [1.82, 2.24) is 0 Å². The molecule has 1 heterocycles. The van der Waals surface area contributed by atoms with E-state index in [0.717, 1.165) is 11.3 Å². The lowest BCUT2D eigenvalue weighted by Crippen LogP contribution is -2.31. The van der Waals surface area contributed by atoms with Gasteiger partial charge in [0.05, 0.1) is 5.69 Å². The maximum Gasteiger partial charge on any atom is 0.265 e. The molecule has 0 radical (unpaired) electrons. The van der Waals surface area contributed by atoms with Gasteiger partial charge >= 0.3 is 0 Å². The first kappa shape index (κ1) is 11.6. The van der Waals surface area contributed by atoms with E-state index in [-0.39, 0.29) is 11.7 Å². The molecule has 0 saturated carbocycles. The first-order valence-electron chi connectivity index (χ1n) is 6.07. The van der Waals surface area contributed by atoms with E-state index in [0.29, 0.717) is 12.1 Å². The lowest BCUT2D eigenvalue weighted by atomic mass is 10.1. The minimum absolute atomic E-state index is 0.0476. The van der Waals surface area contributed by atoms with Crippen LogP contribution in [-0.4, -0.2) is 17.1 Å². The number of hydrogen-bond acceptors (Lipinski definition) is 3. The van der Waals surface area contributed by atoms with E-state index in [4.69, 9.17) is 4.74 Å². The molecule has 1 amide bonds. The fraction of sp³-hybridized carbons (Fsp3) is 0.133. The van der Waals surface area contributed by atoms with Crippen LogP contribution in [0, 0.1) is 0 Å². The maximum atomic E-state index is 12.1. The lowest BCUT2D eigenvalue weighted by Gasteiger charge is -2.12. The van der Waals surface area contributed by atoms with Crippen LogP contribution in [0.15, 0.2) is 48.5 Å². The van der Waals surface area contributed by atoms with Crippen LogP contribution in [0.2, 0.25) is 0 Å². The largest absolute Gasteiger partial charge is 0.506 e. The van der Waals surface area contributed by atoms with Crippen LogP contribution in [0.1, 0.15) is 5.56 Å². The molecule has 1 atom stereocenters. The quantitative estimate of drug-likeness (QED) is 0.810. The molecule has 4 nitrogen and oxygen atoms in total. The topological polar surface area (TPSA) is 58.6 Å². The lowest BCUT2D eigenvalue weighted by molar-refractivity contribution is -0.122. The molecule has 0 saturated heterocycles. The van der Waals surface area contributed by atoms with Gasteiger partial charge in [-0.3, -0.25) is 4.79 Å². The third-order valence-electron chi connectivity index (χ3n) is 3.10. The summed E-state index contributed by atoms with van der Waals surface area (Å²) in [5, 5.41) is 12.3. The van der Waals surface area contributed by atoms with Crippen LogP contribution in [0.3, 0.4) is 0 Å². The number of rotatable bonds is 2. The van der Waals surface area contributed by atoms with Gasteiger partial charge < -0.3 is 15.2 Å². The zero-order valence-electron chi connectivity index (χ0n) is 10.2. The van der Waals surface area contributed by atoms with Crippen molar-refractivity contribution in [2.75, 3.05) is 5.32 Å². The van der Waals surface area contributed by atoms with E-state index in [1.807, 2.05) is 24.3 Å². The fourth-order valence-electron chi connectivity index (χ4n) is 2.12. The summed E-state index contributed by atoms with van der Waals surface area (Å²) in [6.07, 6.45) is 0.00675. The number of carbonyl (C=O) groups is 1. The van der Waals surface area contributed by atoms with Crippen LogP contribution in [0.5, 0.6) is 11.5 Å². The second kappa shape index (κ2) is 4.65. The van der Waals surface area contributed by atoms with Crippen molar-refractivity contribution < 1.29 is 14.6 Å². The van der Waals surface area contributed by atoms with E-state index in [1.165, 1.54) is 6.07 Å². The number of para-hydroxylation sites is 3. The van der Waals surface area contributed by atoms with Gasteiger partial charge in [-0.05, 0) is 23.8 Å². The summed E-state index contributed by atoms with van der Waals surface area (Å²) in [4.78, 5) is 12.1. The Labute approximate surface area is 110 Å². The summed E-state index contributed by atoms with van der Waals surface area (Å²) in [6, 6.07) is 14.2. The highest BCUT2D eigenvalue weighted by Crippen LogP contribution is 2.29. The zero-order valence-corrected chi connectivity index (χ0v) is 10.2. The van der Waals surface area contributed by atoms with Crippen molar-refractivity contribution in [3.05, 3.63) is 54.1 Å². The van der Waals surface area contributed by atoms with Gasteiger partial charge in [0.15, 0.2) is 6.10 Å². The summed E-state index contributed by atoms with van der Waals surface area (Å²) in [7, 11) is 0. The van der Waals surface area contributed by atoms with Gasteiger partial charge in [-0.2, -0.15) is 0 Å². The van der Waals surface area contributed by atoms with Gasteiger partial charge in [0, 0.05) is 6.42 Å². The smallest absolute Gasteiger partial charge is 0.265 e. The average molecular weight is 255 g/mol. The summed E-state index contributed by atoms with van der Waals surface area (Å²) < 4.78 is 5.59. The standard InChI is InChI=1S/C15H13NO3/c17-12-7-3-2-6-11(12)16-15(18)14-9-10-5-1-4-8-13(10)19-14/h1-8,14,17H,9H2,(H,16,18). The Morgan fingerprint density at radius 3 is 2.68 bits per heavy atom. The molecular formula is C15H13NO3. The number of phenols is 1. The number of amides is 1. The molecule has 1 aliphatic rings. The molecule has 2 aromatic rings. The van der Waals surface area contributed by atoms with Crippen molar-refractivity contribution in [1.29, 1.82) is 0 Å². The van der Waals surface area contributed by atoms with Crippen molar-refractivity contribution >= 4 is 11.6 Å². The molecule has 96 valence electrons. The average Bonchev–Trinajstić information content (AvgIpc) is 2.85. The molecule has 2 N–H and O–H groups in total. The molecule has 0 bridgehead atoms. The summed E-state index contributed by atoms with van der Waals surface area (Å²) in [5.74, 6) is 0.545. The normalized spacial score (nSPS) is 16.5. The van der Waals surface area contributed by atoms with Gasteiger partial charge in [0.25, 0.3) is 5.91 Å². The third kappa shape index (κ3) is 2.25. The maximum absolute atomic E-state index is 12.1. The first-order valence-corrected chi connectivity index (χ1v) is 6.07. The van der Waals surface area contributed by atoms with Crippen molar-refractivity contribution in [3.8, 4) is 11.5 Å². The Balaban J connectivity index is 1.72. The van der Waals surface area contributed by atoms with Gasteiger partial charge in [0.1, 0.15) is 11.5 Å². The third-order valence-corrected chi connectivity index (χ3v) is 3.10. The first-order chi connectivity index (χ1) is 9.24. The molecule has 1 aliphatic heterocycles. The van der Waals surface area contributed by atoms with Gasteiger partial charge in [-0.15, -0.1) is 0 Å². The number of anilines is 1. The molecule has 3 rings (SSSR count). The van der Waals surface area contributed by atoms with Crippen LogP contribution >= 0.6 is 0 Å². The van der Waals surface area contributed by atoms with Gasteiger partial charge in [0.2, 0.25) is 0 Å². The number of aromatic hydroxyl groups is 1. The number of hydrogen-bond donors (Lipinski definition) is 2. The zero-order chi connectivity index (χ0) is 13.2. The van der Waals surface area contributed by atoms with Crippen molar-refractivity contribution in [2.45, 2.75) is 12.5 Å². The minimum Gasteiger partial charge on any atom is -0.506 e. The molecule has 4 heteroatoms. The number of ether oxygens (including phenoxy) is 1. The Hall–Kier alpha value is -2.49. The molecule has 19 heavy (non-hydrogen) atoms. The highest BCUT2D eigenvalue weighted by Gasteiger charge is 2.29. The van der Waals surface area contributed by atoms with Crippen LogP contribution < -0.4 is 10.1 Å². The monoisotopic (exact) mass is 255 g/mol. The van der Waals surface area contributed by atoms with Gasteiger partial charge in [-0.1, -0.05) is 30.3 Å². The Morgan fingerprint density at radius 1 is 1.16 bits per heavy atom. The molecule has 0 fully saturated rings. The van der Waals surface area contributed by atoms with E-state index < -0.39 is 6.10 Å². The molecule has 1 unspecified atom stereocenters. The molecule has 0 aromatic heterocycles. The van der Waals surface area contributed by atoms with Crippen LogP contribution in [0.4, 0.5) is 5.69 Å². The Bertz CT molecular complexity index is 599. The molecule has 0 aliphatic carbocycles. The Kier molecular flexibility index (Phi) is 2.83. The number of fused-ring (bicyclic) bond motifs is 1. The highest BCUT2D eigenvalue weighted by atomic mass is 16.5. The molecule has 2 aromatic carbocycles. The SMILES string of the molecule is O=C(Nc1ccccc1O)C1Cc2ccccc2O1. The molecule has 0 spiro atoms. The summed E-state index contributed by atoms with van der Waals surface area (Å²) in [6.45, 7) is 0. The van der Waals surface area contributed by atoms with Crippen molar-refractivity contribution in [3.63, 3.8) is 0 Å². The Morgan fingerprint density at radius 2 is 1.89 bits per heavy atom. The second-order valence-corrected chi connectivity index (χ2v) is 4.42. The van der Waals surface area contributed by atoms with Crippen LogP contribution in [0.25, 0.3) is 0 Å². The predicted molar refractivity (Wildman–Crippen MR) is 71.3 cm³/mol. The second-order valence-electron chi connectivity index (χ2n) is 4.42. The minimum atomic E-state index is -0.544. The van der Waals surface area contributed by atoms with Crippen LogP contribution in [-0.2, 0) is 11.2 Å². The van der Waals surface area contributed by atoms with E-state index >= 15 is 0 Å².